The van der Waals surface area contributed by atoms with Crippen LogP contribution in [0.2, 0.25) is 0 Å². The van der Waals surface area contributed by atoms with E-state index in [0.29, 0.717) is 31.2 Å². The summed E-state index contributed by atoms with van der Waals surface area (Å²) in [7, 11) is -3.92. The van der Waals surface area contributed by atoms with Crippen molar-refractivity contribution < 1.29 is 22.4 Å². The highest BCUT2D eigenvalue weighted by molar-refractivity contribution is 7.90. The third-order valence-electron chi connectivity index (χ3n) is 10.7. The van der Waals surface area contributed by atoms with Gasteiger partial charge in [0.2, 0.25) is 16.1 Å². The van der Waals surface area contributed by atoms with Crippen LogP contribution in [0.3, 0.4) is 0 Å². The van der Waals surface area contributed by atoms with Gasteiger partial charge in [0.1, 0.15) is 6.67 Å². The third-order valence-corrected chi connectivity index (χ3v) is 12.4. The standard InChI is InChI=1S/C33H39FN4O4S/c34-13-15-38-14-3-6-22(18-38)43(41,42)37-33(40)36-32-24-8-2-5-21(24)17-30-26(10-12-28(30)32)25-9-11-27-29(25)16-20-4-1-7-23(20)31(27)35-19-39/h16-17,22,25-26H,1-15,18H2,(H2,36,37,40). The number of alkyl halides is 1. The molecule has 2 N–H and O–H groups in total. The molecule has 1 fully saturated rings. The monoisotopic (exact) mass is 606 g/mol. The van der Waals surface area contributed by atoms with E-state index in [4.69, 9.17) is 0 Å². The van der Waals surface area contributed by atoms with E-state index in [2.05, 4.69) is 27.2 Å². The summed E-state index contributed by atoms with van der Waals surface area (Å²) >= 11 is 0. The quantitative estimate of drug-likeness (QED) is 0.330. The molecule has 8 nitrogen and oxygen atoms in total. The topological polar surface area (TPSA) is 108 Å². The number of piperidine rings is 1. The number of benzene rings is 2. The minimum absolute atomic E-state index is 0.210. The Labute approximate surface area is 252 Å². The Balaban J connectivity index is 1.16. The summed E-state index contributed by atoms with van der Waals surface area (Å²) in [6.07, 6.45) is 12.5. The molecular formula is C33H39FN4O4S. The van der Waals surface area contributed by atoms with Crippen LogP contribution >= 0.6 is 0 Å². The van der Waals surface area contributed by atoms with Crippen LogP contribution in [0.4, 0.5) is 20.6 Å². The number of rotatable bonds is 7. The van der Waals surface area contributed by atoms with Crippen molar-refractivity contribution in [2.45, 2.75) is 94.1 Å². The summed E-state index contributed by atoms with van der Waals surface area (Å²) in [4.78, 5) is 30.6. The Kier molecular flexibility index (Phi) is 7.64. The molecule has 0 bridgehead atoms. The maximum absolute atomic E-state index is 13.3. The number of nitrogens with zero attached hydrogens (tertiary/aromatic N) is 2. The summed E-state index contributed by atoms with van der Waals surface area (Å²) in [6.45, 7) is 0.594. The molecule has 0 aromatic heterocycles. The normalized spacial score (nSPS) is 24.2. The highest BCUT2D eigenvalue weighted by Crippen LogP contribution is 2.54. The van der Waals surface area contributed by atoms with Crippen molar-refractivity contribution in [3.63, 3.8) is 0 Å². The molecule has 0 saturated carbocycles. The molecule has 1 aliphatic heterocycles. The fourth-order valence-electron chi connectivity index (χ4n) is 8.82. The number of anilines is 1. The number of carbonyl (C=O) groups is 1. The van der Waals surface area contributed by atoms with E-state index in [9.17, 15) is 22.4 Å². The fourth-order valence-corrected chi connectivity index (χ4v) is 10.2. The maximum atomic E-state index is 13.3. The molecule has 0 spiro atoms. The van der Waals surface area contributed by atoms with Gasteiger partial charge in [-0.25, -0.2) is 27.1 Å². The van der Waals surface area contributed by atoms with Crippen LogP contribution in [0.1, 0.15) is 94.9 Å². The van der Waals surface area contributed by atoms with Crippen molar-refractivity contribution in [2.75, 3.05) is 31.6 Å². The predicted octanol–water partition coefficient (Wildman–Crippen LogP) is 5.28. The number of urea groups is 1. The fraction of sp³-hybridized carbons (Fsp3) is 0.576. The van der Waals surface area contributed by atoms with Crippen molar-refractivity contribution in [3.05, 3.63) is 56.6 Å². The molecule has 2 amide bonds. The van der Waals surface area contributed by atoms with Crippen LogP contribution in [-0.2, 0) is 53.3 Å². The van der Waals surface area contributed by atoms with Crippen LogP contribution in [0, 0.1) is 0 Å². The molecule has 228 valence electrons. The zero-order valence-electron chi connectivity index (χ0n) is 24.5. The second-order valence-corrected chi connectivity index (χ2v) is 14.9. The number of likely N-dealkylation sites (tertiary alicyclic amines) is 1. The molecule has 7 rings (SSSR count). The summed E-state index contributed by atoms with van der Waals surface area (Å²) in [5.74, 6) is 0.619. The van der Waals surface area contributed by atoms with Gasteiger partial charge in [0.15, 0.2) is 0 Å². The Morgan fingerprint density at radius 2 is 1.58 bits per heavy atom. The van der Waals surface area contributed by atoms with Gasteiger partial charge in [0.25, 0.3) is 0 Å². The van der Waals surface area contributed by atoms with E-state index in [1.54, 1.807) is 0 Å². The van der Waals surface area contributed by atoms with E-state index in [1.807, 2.05) is 11.0 Å². The minimum atomic E-state index is -3.92. The first-order valence-electron chi connectivity index (χ1n) is 15.9. The van der Waals surface area contributed by atoms with Gasteiger partial charge < -0.3 is 5.32 Å². The van der Waals surface area contributed by atoms with Gasteiger partial charge in [-0.05, 0) is 140 Å². The Morgan fingerprint density at radius 1 is 0.907 bits per heavy atom. The first-order chi connectivity index (χ1) is 20.9. The Hall–Kier alpha value is -3.07. The molecule has 4 aliphatic carbocycles. The summed E-state index contributed by atoms with van der Waals surface area (Å²) in [5.41, 5.74) is 11.5. The number of aliphatic imine (C=N–C) groups is 1. The number of nitrogens with one attached hydrogen (secondary N) is 2. The molecule has 0 radical (unpaired) electrons. The van der Waals surface area contributed by atoms with Crippen molar-refractivity contribution in [2.24, 2.45) is 4.99 Å². The number of aryl methyl sites for hydroxylation is 2. The summed E-state index contributed by atoms with van der Waals surface area (Å²) in [5, 5.41) is 2.26. The number of isocyanates is 1. The van der Waals surface area contributed by atoms with Gasteiger partial charge >= 0.3 is 6.03 Å². The molecule has 1 heterocycles. The number of fused-ring (bicyclic) bond motifs is 4. The molecule has 1 saturated heterocycles. The summed E-state index contributed by atoms with van der Waals surface area (Å²) in [6, 6.07) is 4.01. The average Bonchev–Trinajstić information content (AvgIpc) is 3.79. The van der Waals surface area contributed by atoms with Gasteiger partial charge in [-0.3, -0.25) is 4.90 Å². The van der Waals surface area contributed by atoms with Gasteiger partial charge in [0.05, 0.1) is 10.9 Å². The summed E-state index contributed by atoms with van der Waals surface area (Å²) < 4.78 is 41.5. The second kappa shape index (κ2) is 11.5. The SMILES string of the molecule is O=C=Nc1c2c(cc3c1CCC3C1CCc3c1cc1c(c3NC(=O)NS(=O)(=O)C3CCCN(CCF)C3)CCC1)CCC2. The third kappa shape index (κ3) is 5.11. The number of halogens is 1. The number of carbonyl (C=O) groups excluding carboxylic acids is 2. The average molecular weight is 607 g/mol. The largest absolute Gasteiger partial charge is 0.332 e. The molecule has 5 aliphatic rings. The Morgan fingerprint density at radius 3 is 2.30 bits per heavy atom. The van der Waals surface area contributed by atoms with Crippen LogP contribution in [0.25, 0.3) is 0 Å². The molecule has 43 heavy (non-hydrogen) atoms. The van der Waals surface area contributed by atoms with Crippen LogP contribution in [-0.4, -0.2) is 57.0 Å². The maximum Gasteiger partial charge on any atom is 0.332 e. The van der Waals surface area contributed by atoms with E-state index >= 15 is 0 Å². The molecule has 10 heteroatoms. The molecular weight excluding hydrogens is 567 g/mol. The van der Waals surface area contributed by atoms with Gasteiger partial charge in [-0.1, -0.05) is 12.1 Å². The Bertz CT molecular complexity index is 1630. The smallest absolute Gasteiger partial charge is 0.307 e. The van der Waals surface area contributed by atoms with E-state index in [1.165, 1.54) is 33.4 Å². The number of hydrogen-bond acceptors (Lipinski definition) is 6. The van der Waals surface area contributed by atoms with Crippen LogP contribution < -0.4 is 10.0 Å². The lowest BCUT2D eigenvalue weighted by Crippen LogP contribution is -2.49. The van der Waals surface area contributed by atoms with Crippen molar-refractivity contribution in [1.82, 2.24) is 9.62 Å². The van der Waals surface area contributed by atoms with Gasteiger partial charge in [-0.2, -0.15) is 4.99 Å². The number of amides is 2. The zero-order chi connectivity index (χ0) is 29.7. The number of sulfonamides is 1. The lowest BCUT2D eigenvalue weighted by Gasteiger charge is -2.31. The van der Waals surface area contributed by atoms with Crippen molar-refractivity contribution in [3.8, 4) is 0 Å². The van der Waals surface area contributed by atoms with Crippen molar-refractivity contribution >= 4 is 33.5 Å². The second-order valence-electron chi connectivity index (χ2n) is 12.9. The first-order valence-corrected chi connectivity index (χ1v) is 17.5. The van der Waals surface area contributed by atoms with Gasteiger partial charge in [0, 0.05) is 18.8 Å². The molecule has 2 aromatic carbocycles. The molecule has 2 aromatic rings. The zero-order valence-corrected chi connectivity index (χ0v) is 25.3. The highest BCUT2D eigenvalue weighted by Gasteiger charge is 2.40. The van der Waals surface area contributed by atoms with Gasteiger partial charge in [-0.15, -0.1) is 0 Å². The number of hydrogen-bond donors (Lipinski definition) is 2. The van der Waals surface area contributed by atoms with Crippen LogP contribution in [0.5, 0.6) is 0 Å². The first kappa shape index (κ1) is 28.7. The van der Waals surface area contributed by atoms with E-state index < -0.39 is 28.0 Å². The predicted molar refractivity (Wildman–Crippen MR) is 163 cm³/mol. The van der Waals surface area contributed by atoms with E-state index in [0.717, 1.165) is 86.7 Å². The van der Waals surface area contributed by atoms with Crippen LogP contribution in [0.15, 0.2) is 17.1 Å². The lowest BCUT2D eigenvalue weighted by atomic mass is 9.81. The minimum Gasteiger partial charge on any atom is -0.307 e. The lowest BCUT2D eigenvalue weighted by molar-refractivity contribution is 0.211. The molecule has 3 unspecified atom stereocenters. The van der Waals surface area contributed by atoms with Crippen molar-refractivity contribution in [1.29, 1.82) is 0 Å². The highest BCUT2D eigenvalue weighted by atomic mass is 32.2. The molecule has 3 atom stereocenters. The van der Waals surface area contributed by atoms with E-state index in [-0.39, 0.29) is 13.1 Å².